The molecule has 0 spiro atoms. The minimum Gasteiger partial charge on any atom is -0.369 e. The van der Waals surface area contributed by atoms with E-state index in [4.69, 9.17) is 10.9 Å². The Kier molecular flexibility index (Phi) is 7.43. The van der Waals surface area contributed by atoms with E-state index in [0.29, 0.717) is 6.42 Å². The second-order valence-corrected chi connectivity index (χ2v) is 5.22. The Labute approximate surface area is 114 Å². The summed E-state index contributed by atoms with van der Waals surface area (Å²) in [6.07, 6.45) is 6.18. The van der Waals surface area contributed by atoms with E-state index in [1.165, 1.54) is 0 Å². The van der Waals surface area contributed by atoms with Gasteiger partial charge in [-0.2, -0.15) is 0 Å². The van der Waals surface area contributed by atoms with Gasteiger partial charge in [0.2, 0.25) is 11.8 Å². The quantitative estimate of drug-likeness (QED) is 0.343. The lowest BCUT2D eigenvalue weighted by molar-refractivity contribution is -0.129. The summed E-state index contributed by atoms with van der Waals surface area (Å²) < 4.78 is 0. The van der Waals surface area contributed by atoms with E-state index < -0.39 is 0 Å². The minimum absolute atomic E-state index is 0.0632. The maximum Gasteiger partial charge on any atom is 0.243 e. The highest BCUT2D eigenvalue weighted by atomic mass is 16.5. The summed E-state index contributed by atoms with van der Waals surface area (Å²) in [4.78, 5) is 24.2. The van der Waals surface area contributed by atoms with Gasteiger partial charge in [-0.1, -0.05) is 12.8 Å². The summed E-state index contributed by atoms with van der Waals surface area (Å²) in [6, 6.07) is 0. The fourth-order valence-corrected chi connectivity index (χ4v) is 2.47. The fourth-order valence-electron chi connectivity index (χ4n) is 2.47. The van der Waals surface area contributed by atoms with Gasteiger partial charge in [-0.3, -0.25) is 14.8 Å². The molecular formula is C13H25N3O3. The molecule has 19 heavy (non-hydrogen) atoms. The Hall–Kier alpha value is -1.14. The number of carbonyl (C=O) groups excluding carboxylic acids is 2. The van der Waals surface area contributed by atoms with Crippen LogP contribution in [0.4, 0.5) is 0 Å². The summed E-state index contributed by atoms with van der Waals surface area (Å²) in [5.74, 6) is -0.413. The van der Waals surface area contributed by atoms with Gasteiger partial charge in [0, 0.05) is 12.3 Å². The first kappa shape index (κ1) is 15.9. The van der Waals surface area contributed by atoms with Crippen LogP contribution in [0.1, 0.15) is 44.9 Å². The van der Waals surface area contributed by atoms with E-state index in [1.54, 1.807) is 5.48 Å². The number of primary amides is 1. The summed E-state index contributed by atoms with van der Waals surface area (Å²) in [5.41, 5.74) is 6.93. The third-order valence-corrected chi connectivity index (χ3v) is 3.74. The second kappa shape index (κ2) is 8.87. The topological polar surface area (TPSA) is 95.7 Å². The fraction of sp³-hybridized carbons (Fsp3) is 0.846. The van der Waals surface area contributed by atoms with Crippen LogP contribution in [0.25, 0.3) is 0 Å². The molecule has 1 aliphatic rings. The molecule has 1 fully saturated rings. The van der Waals surface area contributed by atoms with Crippen molar-refractivity contribution >= 4 is 11.8 Å². The molecule has 0 aromatic heterocycles. The molecule has 6 nitrogen and oxygen atoms in total. The zero-order valence-electron chi connectivity index (χ0n) is 11.4. The molecule has 0 saturated carbocycles. The maximum atomic E-state index is 11.0. The number of rotatable bonds is 8. The Morgan fingerprint density at radius 1 is 1.16 bits per heavy atom. The zero-order chi connectivity index (χ0) is 14.1. The lowest BCUT2D eigenvalue weighted by atomic mass is 9.96. The molecule has 0 unspecified atom stereocenters. The second-order valence-electron chi connectivity index (χ2n) is 5.22. The summed E-state index contributed by atoms with van der Waals surface area (Å²) in [7, 11) is 0. The third-order valence-electron chi connectivity index (χ3n) is 3.74. The van der Waals surface area contributed by atoms with Gasteiger partial charge >= 0.3 is 0 Å². The first-order chi connectivity index (χ1) is 9.13. The van der Waals surface area contributed by atoms with Crippen molar-refractivity contribution in [1.82, 2.24) is 10.4 Å². The molecule has 1 heterocycles. The molecule has 1 rings (SSSR count). The molecule has 0 bridgehead atoms. The number of amides is 2. The minimum atomic E-state index is -0.312. The van der Waals surface area contributed by atoms with Gasteiger partial charge in [0.25, 0.3) is 0 Å². The summed E-state index contributed by atoms with van der Waals surface area (Å²) in [6.45, 7) is 2.97. The Balaban J connectivity index is 1.96. The van der Waals surface area contributed by atoms with Crippen LogP contribution in [0.3, 0.4) is 0 Å². The van der Waals surface area contributed by atoms with E-state index in [-0.39, 0.29) is 17.7 Å². The number of hydrogen-bond donors (Lipinski definition) is 3. The molecule has 0 aromatic carbocycles. The third kappa shape index (κ3) is 6.54. The highest BCUT2D eigenvalue weighted by molar-refractivity contribution is 5.76. The number of nitrogens with one attached hydrogen (secondary N) is 1. The van der Waals surface area contributed by atoms with Crippen molar-refractivity contribution in [2.75, 3.05) is 19.6 Å². The zero-order valence-corrected chi connectivity index (χ0v) is 11.4. The van der Waals surface area contributed by atoms with Crippen LogP contribution in [0.2, 0.25) is 0 Å². The molecule has 4 N–H and O–H groups in total. The summed E-state index contributed by atoms with van der Waals surface area (Å²) in [5, 5.41) is 8.33. The SMILES string of the molecule is NC(=O)C1CCN(CCCCCCC(=O)NO)CC1. The van der Waals surface area contributed by atoms with Crippen molar-refractivity contribution in [3.05, 3.63) is 0 Å². The van der Waals surface area contributed by atoms with Gasteiger partial charge in [-0.25, -0.2) is 5.48 Å². The predicted octanol–water partition coefficient (Wildman–Crippen LogP) is 0.640. The first-order valence-electron chi connectivity index (χ1n) is 7.08. The molecule has 0 radical (unpaired) electrons. The van der Waals surface area contributed by atoms with Crippen LogP contribution >= 0.6 is 0 Å². The van der Waals surface area contributed by atoms with E-state index >= 15 is 0 Å². The van der Waals surface area contributed by atoms with E-state index in [0.717, 1.165) is 58.2 Å². The Morgan fingerprint density at radius 2 is 1.79 bits per heavy atom. The van der Waals surface area contributed by atoms with Crippen molar-refractivity contribution in [1.29, 1.82) is 0 Å². The van der Waals surface area contributed by atoms with Gasteiger partial charge < -0.3 is 10.6 Å². The summed E-state index contributed by atoms with van der Waals surface area (Å²) >= 11 is 0. The number of hydroxylamine groups is 1. The van der Waals surface area contributed by atoms with E-state index in [9.17, 15) is 9.59 Å². The lowest BCUT2D eigenvalue weighted by Crippen LogP contribution is -2.38. The monoisotopic (exact) mass is 271 g/mol. The van der Waals surface area contributed by atoms with Crippen molar-refractivity contribution in [2.24, 2.45) is 11.7 Å². The highest BCUT2D eigenvalue weighted by Crippen LogP contribution is 2.17. The average Bonchev–Trinajstić information content (AvgIpc) is 2.42. The predicted molar refractivity (Wildman–Crippen MR) is 71.4 cm³/mol. The maximum absolute atomic E-state index is 11.0. The molecule has 1 aliphatic heterocycles. The first-order valence-corrected chi connectivity index (χ1v) is 7.08. The van der Waals surface area contributed by atoms with Crippen molar-refractivity contribution < 1.29 is 14.8 Å². The molecule has 0 aromatic rings. The van der Waals surface area contributed by atoms with E-state index in [1.807, 2.05) is 0 Å². The largest absolute Gasteiger partial charge is 0.369 e. The number of carbonyl (C=O) groups is 2. The Morgan fingerprint density at radius 3 is 2.37 bits per heavy atom. The van der Waals surface area contributed by atoms with Crippen LogP contribution in [0.15, 0.2) is 0 Å². The van der Waals surface area contributed by atoms with Gasteiger partial charge in [0.15, 0.2) is 0 Å². The molecule has 1 saturated heterocycles. The van der Waals surface area contributed by atoms with Crippen molar-refractivity contribution in [3.63, 3.8) is 0 Å². The number of piperidine rings is 1. The molecule has 2 amide bonds. The standard InChI is InChI=1S/C13H25N3O3/c14-13(18)11-6-9-16(10-7-11)8-4-2-1-3-5-12(17)15-19/h11,19H,1-10H2,(H2,14,18)(H,15,17). The van der Waals surface area contributed by atoms with Crippen LogP contribution < -0.4 is 11.2 Å². The van der Waals surface area contributed by atoms with Crippen LogP contribution in [0.5, 0.6) is 0 Å². The number of unbranched alkanes of at least 4 members (excludes halogenated alkanes) is 3. The van der Waals surface area contributed by atoms with Crippen LogP contribution in [-0.2, 0) is 9.59 Å². The van der Waals surface area contributed by atoms with Crippen molar-refractivity contribution in [3.8, 4) is 0 Å². The van der Waals surface area contributed by atoms with Gasteiger partial charge in [0.1, 0.15) is 0 Å². The van der Waals surface area contributed by atoms with Crippen LogP contribution in [-0.4, -0.2) is 41.6 Å². The Bertz CT molecular complexity index is 289. The molecular weight excluding hydrogens is 246 g/mol. The van der Waals surface area contributed by atoms with Crippen LogP contribution in [0, 0.1) is 5.92 Å². The lowest BCUT2D eigenvalue weighted by Gasteiger charge is -2.30. The molecule has 0 atom stereocenters. The average molecular weight is 271 g/mol. The number of likely N-dealkylation sites (tertiary alicyclic amines) is 1. The number of nitrogens with zero attached hydrogens (tertiary/aromatic N) is 1. The van der Waals surface area contributed by atoms with Gasteiger partial charge in [0.05, 0.1) is 0 Å². The number of hydrogen-bond acceptors (Lipinski definition) is 4. The normalized spacial score (nSPS) is 17.3. The van der Waals surface area contributed by atoms with Gasteiger partial charge in [-0.15, -0.1) is 0 Å². The molecule has 6 heteroatoms. The highest BCUT2D eigenvalue weighted by Gasteiger charge is 2.22. The molecule has 0 aliphatic carbocycles. The number of nitrogens with two attached hydrogens (primary N) is 1. The smallest absolute Gasteiger partial charge is 0.243 e. The van der Waals surface area contributed by atoms with Gasteiger partial charge in [-0.05, 0) is 45.3 Å². The van der Waals surface area contributed by atoms with E-state index in [2.05, 4.69) is 4.90 Å². The van der Waals surface area contributed by atoms with Crippen molar-refractivity contribution in [2.45, 2.75) is 44.9 Å². The molecule has 110 valence electrons.